The molecule has 1 unspecified atom stereocenters. The number of hydrogen-bond acceptors (Lipinski definition) is 3. The SMILES string of the molecule is CCCCC(NC(=O)CCCCn1c(C)cccc1=O)C(=O)O. The molecule has 0 aliphatic carbocycles. The second-order valence-electron chi connectivity index (χ2n) is 5.71. The summed E-state index contributed by atoms with van der Waals surface area (Å²) in [6.07, 6.45) is 3.71. The van der Waals surface area contributed by atoms with Crippen molar-refractivity contribution in [2.75, 3.05) is 0 Å². The van der Waals surface area contributed by atoms with E-state index in [-0.39, 0.29) is 17.9 Å². The summed E-state index contributed by atoms with van der Waals surface area (Å²) < 4.78 is 1.68. The first-order chi connectivity index (χ1) is 11.0. The predicted molar refractivity (Wildman–Crippen MR) is 88.4 cm³/mol. The lowest BCUT2D eigenvalue weighted by atomic mass is 10.1. The van der Waals surface area contributed by atoms with Crippen LogP contribution in [0.15, 0.2) is 23.0 Å². The van der Waals surface area contributed by atoms with Crippen LogP contribution in [0.4, 0.5) is 0 Å². The third-order valence-corrected chi connectivity index (χ3v) is 3.78. The van der Waals surface area contributed by atoms with Crippen LogP contribution in [-0.2, 0) is 16.1 Å². The highest BCUT2D eigenvalue weighted by Crippen LogP contribution is 2.04. The number of aromatic nitrogens is 1. The number of aryl methyl sites for hydroxylation is 1. The van der Waals surface area contributed by atoms with Crippen LogP contribution in [0.1, 0.15) is 51.1 Å². The lowest BCUT2D eigenvalue weighted by Crippen LogP contribution is -2.40. The van der Waals surface area contributed by atoms with E-state index in [1.807, 2.05) is 19.9 Å². The van der Waals surface area contributed by atoms with E-state index in [2.05, 4.69) is 5.32 Å². The second kappa shape index (κ2) is 9.82. The Morgan fingerprint density at radius 3 is 2.61 bits per heavy atom. The van der Waals surface area contributed by atoms with Gasteiger partial charge in [-0.25, -0.2) is 4.79 Å². The largest absolute Gasteiger partial charge is 0.480 e. The maximum atomic E-state index is 11.8. The number of pyridine rings is 1. The van der Waals surface area contributed by atoms with Crippen molar-refractivity contribution in [3.05, 3.63) is 34.2 Å². The number of hydrogen-bond donors (Lipinski definition) is 2. The number of nitrogens with one attached hydrogen (secondary N) is 1. The van der Waals surface area contributed by atoms with Gasteiger partial charge in [0.25, 0.3) is 5.56 Å². The summed E-state index contributed by atoms with van der Waals surface area (Å²) in [5.41, 5.74) is 0.854. The summed E-state index contributed by atoms with van der Waals surface area (Å²) in [6, 6.07) is 4.31. The molecular weight excluding hydrogens is 296 g/mol. The van der Waals surface area contributed by atoms with Crippen LogP contribution in [0.2, 0.25) is 0 Å². The molecule has 0 aliphatic heterocycles. The van der Waals surface area contributed by atoms with E-state index < -0.39 is 12.0 Å². The molecule has 1 atom stereocenters. The van der Waals surface area contributed by atoms with E-state index >= 15 is 0 Å². The van der Waals surface area contributed by atoms with E-state index in [0.29, 0.717) is 25.8 Å². The van der Waals surface area contributed by atoms with Crippen LogP contribution in [0.3, 0.4) is 0 Å². The van der Waals surface area contributed by atoms with E-state index in [4.69, 9.17) is 5.11 Å². The Morgan fingerprint density at radius 2 is 2.00 bits per heavy atom. The predicted octanol–water partition coefficient (Wildman–Crippen LogP) is 2.09. The Balaban J connectivity index is 2.36. The van der Waals surface area contributed by atoms with Crippen LogP contribution in [0.5, 0.6) is 0 Å². The Labute approximate surface area is 136 Å². The zero-order chi connectivity index (χ0) is 17.2. The third-order valence-electron chi connectivity index (χ3n) is 3.78. The van der Waals surface area contributed by atoms with E-state index in [1.54, 1.807) is 10.6 Å². The molecule has 0 aromatic carbocycles. The van der Waals surface area contributed by atoms with Crippen molar-refractivity contribution < 1.29 is 14.7 Å². The molecular formula is C17H26N2O4. The van der Waals surface area contributed by atoms with Crippen LogP contribution in [0, 0.1) is 6.92 Å². The first kappa shape index (κ1) is 18.9. The van der Waals surface area contributed by atoms with E-state index in [0.717, 1.165) is 18.5 Å². The normalized spacial score (nSPS) is 11.9. The minimum Gasteiger partial charge on any atom is -0.480 e. The quantitative estimate of drug-likeness (QED) is 0.646. The van der Waals surface area contributed by atoms with Crippen LogP contribution in [0.25, 0.3) is 0 Å². The van der Waals surface area contributed by atoms with Gasteiger partial charge in [-0.05, 0) is 32.3 Å². The minimum absolute atomic E-state index is 0.0417. The van der Waals surface area contributed by atoms with E-state index in [9.17, 15) is 14.4 Å². The van der Waals surface area contributed by atoms with Gasteiger partial charge in [0.1, 0.15) is 6.04 Å². The average Bonchev–Trinajstić information content (AvgIpc) is 2.50. The van der Waals surface area contributed by atoms with Crippen LogP contribution >= 0.6 is 0 Å². The molecule has 1 rings (SSSR count). The Bertz CT molecular complexity index is 580. The van der Waals surface area contributed by atoms with Crippen molar-refractivity contribution in [1.29, 1.82) is 0 Å². The number of aliphatic carboxylic acids is 1. The van der Waals surface area contributed by atoms with Gasteiger partial charge >= 0.3 is 5.97 Å². The molecule has 1 amide bonds. The van der Waals surface area contributed by atoms with Gasteiger partial charge < -0.3 is 15.0 Å². The first-order valence-corrected chi connectivity index (χ1v) is 8.14. The third kappa shape index (κ3) is 6.67. The number of carboxylic acid groups (broad SMARTS) is 1. The monoisotopic (exact) mass is 322 g/mol. The fourth-order valence-electron chi connectivity index (χ4n) is 2.40. The highest BCUT2D eigenvalue weighted by atomic mass is 16.4. The van der Waals surface area contributed by atoms with Gasteiger partial charge in [0, 0.05) is 24.7 Å². The molecule has 23 heavy (non-hydrogen) atoms. The lowest BCUT2D eigenvalue weighted by molar-refractivity contribution is -0.142. The van der Waals surface area contributed by atoms with Crippen molar-refractivity contribution in [2.24, 2.45) is 0 Å². The molecule has 0 bridgehead atoms. The molecule has 0 saturated heterocycles. The topological polar surface area (TPSA) is 88.4 Å². The van der Waals surface area contributed by atoms with Crippen molar-refractivity contribution in [1.82, 2.24) is 9.88 Å². The standard InChI is InChI=1S/C17H26N2O4/c1-3-4-9-14(17(22)23)18-15(20)10-5-6-12-19-13(2)8-7-11-16(19)21/h7-8,11,14H,3-6,9-10,12H2,1-2H3,(H,18,20)(H,22,23). The summed E-state index contributed by atoms with van der Waals surface area (Å²) in [5.74, 6) is -1.23. The number of unbranched alkanes of at least 4 members (excludes halogenated alkanes) is 2. The second-order valence-corrected chi connectivity index (χ2v) is 5.71. The van der Waals surface area contributed by atoms with Crippen LogP contribution < -0.4 is 10.9 Å². The number of carbonyl (C=O) groups is 2. The maximum Gasteiger partial charge on any atom is 0.326 e. The molecule has 128 valence electrons. The summed E-state index contributed by atoms with van der Waals surface area (Å²) in [5, 5.41) is 11.6. The molecule has 1 aromatic heterocycles. The van der Waals surface area contributed by atoms with Crippen molar-refractivity contribution in [3.8, 4) is 0 Å². The zero-order valence-corrected chi connectivity index (χ0v) is 13.9. The smallest absolute Gasteiger partial charge is 0.326 e. The van der Waals surface area contributed by atoms with Crippen LogP contribution in [-0.4, -0.2) is 27.6 Å². The number of amides is 1. The molecule has 6 heteroatoms. The highest BCUT2D eigenvalue weighted by Gasteiger charge is 2.18. The van der Waals surface area contributed by atoms with Gasteiger partial charge in [0.2, 0.25) is 5.91 Å². The Kier molecular flexibility index (Phi) is 8.08. The molecule has 0 aliphatic rings. The van der Waals surface area contributed by atoms with Crippen molar-refractivity contribution in [3.63, 3.8) is 0 Å². The fraction of sp³-hybridized carbons (Fsp3) is 0.588. The van der Waals surface area contributed by atoms with Crippen molar-refractivity contribution >= 4 is 11.9 Å². The number of nitrogens with zero attached hydrogens (tertiary/aromatic N) is 1. The summed E-state index contributed by atoms with van der Waals surface area (Å²) in [6.45, 7) is 4.42. The van der Waals surface area contributed by atoms with Gasteiger partial charge in [0.15, 0.2) is 0 Å². The Hall–Kier alpha value is -2.11. The van der Waals surface area contributed by atoms with Gasteiger partial charge in [-0.15, -0.1) is 0 Å². The molecule has 0 spiro atoms. The van der Waals surface area contributed by atoms with E-state index in [1.165, 1.54) is 6.07 Å². The Morgan fingerprint density at radius 1 is 1.26 bits per heavy atom. The number of rotatable bonds is 10. The number of carboxylic acids is 1. The molecule has 0 fully saturated rings. The summed E-state index contributed by atoms with van der Waals surface area (Å²) in [7, 11) is 0. The zero-order valence-electron chi connectivity index (χ0n) is 13.9. The average molecular weight is 322 g/mol. The van der Waals surface area contributed by atoms with Crippen molar-refractivity contribution in [2.45, 2.75) is 65.0 Å². The summed E-state index contributed by atoms with van der Waals surface area (Å²) >= 11 is 0. The first-order valence-electron chi connectivity index (χ1n) is 8.14. The molecule has 2 N–H and O–H groups in total. The lowest BCUT2D eigenvalue weighted by Gasteiger charge is -2.14. The molecule has 6 nitrogen and oxygen atoms in total. The maximum absolute atomic E-state index is 11.8. The minimum atomic E-state index is -0.988. The molecule has 1 heterocycles. The van der Waals surface area contributed by atoms with Gasteiger partial charge in [-0.1, -0.05) is 25.8 Å². The van der Waals surface area contributed by atoms with Gasteiger partial charge in [-0.2, -0.15) is 0 Å². The molecule has 0 radical (unpaired) electrons. The fourth-order valence-corrected chi connectivity index (χ4v) is 2.40. The van der Waals surface area contributed by atoms with Gasteiger partial charge in [-0.3, -0.25) is 9.59 Å². The molecule has 0 saturated carbocycles. The van der Waals surface area contributed by atoms with Gasteiger partial charge in [0.05, 0.1) is 0 Å². The number of carbonyl (C=O) groups excluding carboxylic acids is 1. The highest BCUT2D eigenvalue weighted by molar-refractivity contribution is 5.83. The molecule has 1 aromatic rings. The summed E-state index contributed by atoms with van der Waals surface area (Å²) in [4.78, 5) is 34.6.